The molecule has 100 valence electrons. The first kappa shape index (κ1) is 12.6. The summed E-state index contributed by atoms with van der Waals surface area (Å²) in [5.41, 5.74) is 6.75. The molecule has 0 amide bonds. The molecule has 4 nitrogen and oxygen atoms in total. The van der Waals surface area contributed by atoms with Crippen molar-refractivity contribution >= 4 is 26.4 Å². The molecule has 3 aromatic rings. The molecule has 0 aliphatic rings. The Kier molecular flexibility index (Phi) is 2.91. The molecule has 1 aromatic heterocycles. The third kappa shape index (κ3) is 2.12. The molecular weight excluding hydrogens is 272 g/mol. The predicted molar refractivity (Wildman–Crippen MR) is 78.0 cm³/mol. The number of nitrogen functional groups attached to an aromatic ring is 1. The van der Waals surface area contributed by atoms with Crippen LogP contribution in [0, 0.1) is 0 Å². The number of pyridine rings is 1. The number of hydrogen-bond donors (Lipinski definition) is 1. The molecule has 0 aliphatic heterocycles. The van der Waals surface area contributed by atoms with Crippen molar-refractivity contribution in [2.45, 2.75) is 9.92 Å². The number of hydrogen-bond acceptors (Lipinski definition) is 4. The quantitative estimate of drug-likeness (QED) is 0.734. The van der Waals surface area contributed by atoms with Gasteiger partial charge >= 0.3 is 0 Å². The highest BCUT2D eigenvalue weighted by molar-refractivity contribution is 7.91. The van der Waals surface area contributed by atoms with Crippen molar-refractivity contribution in [2.75, 3.05) is 5.73 Å². The molecule has 0 atom stereocenters. The fraction of sp³-hybridized carbons (Fsp3) is 0. The number of nitrogens with two attached hydrogens (primary N) is 1. The number of rotatable bonds is 2. The summed E-state index contributed by atoms with van der Waals surface area (Å²) in [6, 6.07) is 16.8. The Bertz CT molecular complexity index is 872. The third-order valence-electron chi connectivity index (χ3n) is 3.04. The number of fused-ring (bicyclic) bond motifs is 1. The second kappa shape index (κ2) is 4.61. The van der Waals surface area contributed by atoms with E-state index in [2.05, 4.69) is 4.98 Å². The van der Waals surface area contributed by atoms with Gasteiger partial charge in [0.15, 0.2) is 5.03 Å². The van der Waals surface area contributed by atoms with Gasteiger partial charge in [-0.05, 0) is 42.5 Å². The molecule has 0 unspecified atom stereocenters. The van der Waals surface area contributed by atoms with Crippen molar-refractivity contribution in [1.29, 1.82) is 0 Å². The fourth-order valence-electron chi connectivity index (χ4n) is 1.96. The number of sulfone groups is 1. The third-order valence-corrected chi connectivity index (χ3v) is 4.71. The topological polar surface area (TPSA) is 73.1 Å². The summed E-state index contributed by atoms with van der Waals surface area (Å²) in [6.07, 6.45) is 0. The Balaban J connectivity index is 2.15. The highest BCUT2D eigenvalue weighted by atomic mass is 32.2. The maximum Gasteiger partial charge on any atom is 0.223 e. The van der Waals surface area contributed by atoms with Crippen LogP contribution in [0.25, 0.3) is 10.9 Å². The van der Waals surface area contributed by atoms with Crippen LogP contribution in [0.3, 0.4) is 0 Å². The summed E-state index contributed by atoms with van der Waals surface area (Å²) in [7, 11) is -3.61. The maximum absolute atomic E-state index is 12.5. The average molecular weight is 284 g/mol. The normalized spacial score (nSPS) is 11.6. The maximum atomic E-state index is 12.5. The first-order valence-corrected chi connectivity index (χ1v) is 7.52. The highest BCUT2D eigenvalue weighted by Gasteiger charge is 2.19. The summed E-state index contributed by atoms with van der Waals surface area (Å²) in [4.78, 5) is 4.42. The number of benzene rings is 2. The lowest BCUT2D eigenvalue weighted by Crippen LogP contribution is -2.04. The summed E-state index contributed by atoms with van der Waals surface area (Å²) >= 11 is 0. The number of nitrogens with zero attached hydrogens (tertiary/aromatic N) is 1. The largest absolute Gasteiger partial charge is 0.399 e. The smallest absolute Gasteiger partial charge is 0.223 e. The number of aromatic nitrogens is 1. The molecule has 2 N–H and O–H groups in total. The van der Waals surface area contributed by atoms with Crippen molar-refractivity contribution in [2.24, 2.45) is 0 Å². The van der Waals surface area contributed by atoms with Gasteiger partial charge in [0.05, 0.1) is 10.4 Å². The molecule has 0 aliphatic carbocycles. The van der Waals surface area contributed by atoms with Gasteiger partial charge in [0.1, 0.15) is 0 Å². The van der Waals surface area contributed by atoms with Crippen LogP contribution in [0.1, 0.15) is 0 Å². The van der Waals surface area contributed by atoms with Gasteiger partial charge in [0, 0.05) is 11.1 Å². The summed E-state index contributed by atoms with van der Waals surface area (Å²) in [6.45, 7) is 0. The molecule has 0 fully saturated rings. The van der Waals surface area contributed by atoms with Gasteiger partial charge in [0.25, 0.3) is 0 Å². The Hall–Kier alpha value is -2.40. The van der Waals surface area contributed by atoms with Gasteiger partial charge in [-0.1, -0.05) is 18.2 Å². The molecule has 3 rings (SSSR count). The van der Waals surface area contributed by atoms with E-state index in [4.69, 9.17) is 5.73 Å². The minimum absolute atomic E-state index is 0.0426. The fourth-order valence-corrected chi connectivity index (χ4v) is 3.17. The van der Waals surface area contributed by atoms with Crippen LogP contribution in [0.4, 0.5) is 5.69 Å². The Morgan fingerprint density at radius 2 is 1.55 bits per heavy atom. The van der Waals surface area contributed by atoms with Crippen LogP contribution >= 0.6 is 0 Å². The van der Waals surface area contributed by atoms with Crippen LogP contribution in [0.15, 0.2) is 70.6 Å². The molecule has 2 aromatic carbocycles. The van der Waals surface area contributed by atoms with Crippen LogP contribution < -0.4 is 5.73 Å². The highest BCUT2D eigenvalue weighted by Crippen LogP contribution is 2.22. The Labute approximate surface area is 116 Å². The van der Waals surface area contributed by atoms with E-state index in [-0.39, 0.29) is 9.92 Å². The second-order valence-corrected chi connectivity index (χ2v) is 6.31. The molecule has 0 spiro atoms. The minimum Gasteiger partial charge on any atom is -0.399 e. The molecule has 0 saturated heterocycles. The van der Waals surface area contributed by atoms with Crippen LogP contribution in [0.2, 0.25) is 0 Å². The Morgan fingerprint density at radius 1 is 0.850 bits per heavy atom. The minimum atomic E-state index is -3.61. The molecular formula is C15H12N2O2S. The Morgan fingerprint density at radius 3 is 2.30 bits per heavy atom. The van der Waals surface area contributed by atoms with E-state index in [1.54, 1.807) is 24.3 Å². The van der Waals surface area contributed by atoms with Crippen molar-refractivity contribution in [1.82, 2.24) is 4.98 Å². The zero-order valence-corrected chi connectivity index (χ0v) is 11.3. The van der Waals surface area contributed by atoms with Gasteiger partial charge in [-0.2, -0.15) is 0 Å². The molecule has 0 saturated carbocycles. The zero-order valence-electron chi connectivity index (χ0n) is 10.5. The van der Waals surface area contributed by atoms with E-state index >= 15 is 0 Å². The van der Waals surface area contributed by atoms with E-state index in [9.17, 15) is 8.42 Å². The number of anilines is 1. The monoisotopic (exact) mass is 284 g/mol. The summed E-state index contributed by atoms with van der Waals surface area (Å²) in [5, 5.41) is 0.949. The van der Waals surface area contributed by atoms with Crippen molar-refractivity contribution in [3.8, 4) is 0 Å². The predicted octanol–water partition coefficient (Wildman–Crippen LogP) is 2.65. The summed E-state index contributed by atoms with van der Waals surface area (Å²) in [5.74, 6) is 0. The lowest BCUT2D eigenvalue weighted by Gasteiger charge is -2.05. The van der Waals surface area contributed by atoms with Gasteiger partial charge < -0.3 is 5.73 Å². The zero-order chi connectivity index (χ0) is 14.2. The van der Waals surface area contributed by atoms with Crippen molar-refractivity contribution < 1.29 is 8.42 Å². The van der Waals surface area contributed by atoms with E-state index < -0.39 is 9.84 Å². The van der Waals surface area contributed by atoms with Gasteiger partial charge in [-0.3, -0.25) is 0 Å². The standard InChI is InChI=1S/C15H12N2O2S/c16-12-6-8-13(9-7-12)20(18,19)15-10-5-11-3-1-2-4-14(11)17-15/h1-10H,16H2. The first-order chi connectivity index (χ1) is 9.57. The average Bonchev–Trinajstić information content (AvgIpc) is 2.47. The van der Waals surface area contributed by atoms with Crippen LogP contribution in [-0.2, 0) is 9.84 Å². The van der Waals surface area contributed by atoms with E-state index in [1.807, 2.05) is 18.2 Å². The first-order valence-electron chi connectivity index (χ1n) is 6.04. The van der Waals surface area contributed by atoms with E-state index in [1.165, 1.54) is 18.2 Å². The van der Waals surface area contributed by atoms with Crippen LogP contribution in [-0.4, -0.2) is 13.4 Å². The van der Waals surface area contributed by atoms with Crippen molar-refractivity contribution in [3.05, 3.63) is 60.7 Å². The molecule has 0 bridgehead atoms. The van der Waals surface area contributed by atoms with E-state index in [0.29, 0.717) is 11.2 Å². The van der Waals surface area contributed by atoms with Gasteiger partial charge in [-0.15, -0.1) is 0 Å². The molecule has 20 heavy (non-hydrogen) atoms. The lowest BCUT2D eigenvalue weighted by atomic mass is 10.2. The lowest BCUT2D eigenvalue weighted by molar-refractivity contribution is 0.593. The SMILES string of the molecule is Nc1ccc(S(=O)(=O)c2ccc3ccccc3n2)cc1. The van der Waals surface area contributed by atoms with Crippen LogP contribution in [0.5, 0.6) is 0 Å². The molecule has 1 heterocycles. The molecule has 5 heteroatoms. The van der Waals surface area contributed by atoms with Gasteiger partial charge in [-0.25, -0.2) is 13.4 Å². The van der Waals surface area contributed by atoms with Crippen molar-refractivity contribution in [3.63, 3.8) is 0 Å². The van der Waals surface area contributed by atoms with Gasteiger partial charge in [0.2, 0.25) is 9.84 Å². The van der Waals surface area contributed by atoms with E-state index in [0.717, 1.165) is 5.39 Å². The molecule has 0 radical (unpaired) electrons. The summed E-state index contributed by atoms with van der Waals surface area (Å²) < 4.78 is 25.0. The number of para-hydroxylation sites is 1. The second-order valence-electron chi connectivity index (χ2n) is 4.41.